The lowest BCUT2D eigenvalue weighted by Crippen LogP contribution is -2.27. The Balaban J connectivity index is 1.75. The number of benzene rings is 1. The van der Waals surface area contributed by atoms with Gasteiger partial charge in [0.05, 0.1) is 19.4 Å². The van der Waals surface area contributed by atoms with E-state index in [1.807, 2.05) is 30.0 Å². The fourth-order valence-electron chi connectivity index (χ4n) is 2.24. The van der Waals surface area contributed by atoms with E-state index in [1.54, 1.807) is 6.26 Å². The molecule has 0 saturated heterocycles. The van der Waals surface area contributed by atoms with Gasteiger partial charge in [0.1, 0.15) is 5.76 Å². The number of rotatable bonds is 5. The molecular weight excluding hydrogens is 395 g/mol. The predicted octanol–water partition coefficient (Wildman–Crippen LogP) is 4.19. The van der Waals surface area contributed by atoms with Gasteiger partial charge in [0, 0.05) is 16.2 Å². The molecule has 0 fully saturated rings. The summed E-state index contributed by atoms with van der Waals surface area (Å²) in [6.07, 6.45) is 1.73. The summed E-state index contributed by atoms with van der Waals surface area (Å²) in [6, 6.07) is 14.5. The van der Waals surface area contributed by atoms with Crippen LogP contribution in [0.2, 0.25) is 0 Å². The van der Waals surface area contributed by atoms with Gasteiger partial charge in [0.15, 0.2) is 5.17 Å². The lowest BCUT2D eigenvalue weighted by Gasteiger charge is -2.23. The SMILES string of the molecule is IC[C@@H]1CN=C(N(Cc2ccccc2)Cc2ccco2)S1. The second-order valence-electron chi connectivity index (χ2n) is 4.94. The molecule has 2 heterocycles. The molecule has 3 nitrogen and oxygen atoms in total. The Kier molecular flexibility index (Phi) is 5.24. The highest BCUT2D eigenvalue weighted by Crippen LogP contribution is 2.27. The van der Waals surface area contributed by atoms with Crippen molar-refractivity contribution in [3.05, 3.63) is 60.1 Å². The summed E-state index contributed by atoms with van der Waals surface area (Å²) in [4.78, 5) is 7.03. The van der Waals surface area contributed by atoms with E-state index >= 15 is 0 Å². The maximum absolute atomic E-state index is 5.51. The Morgan fingerprint density at radius 1 is 1.19 bits per heavy atom. The third-order valence-corrected chi connectivity index (χ3v) is 6.20. The van der Waals surface area contributed by atoms with Crippen LogP contribution in [0.15, 0.2) is 58.1 Å². The minimum atomic E-state index is 0.607. The number of thioether (sulfide) groups is 1. The van der Waals surface area contributed by atoms with E-state index < -0.39 is 0 Å². The average Bonchev–Trinajstić information content (AvgIpc) is 3.19. The summed E-state index contributed by atoms with van der Waals surface area (Å²) in [5.74, 6) is 0.979. The Morgan fingerprint density at radius 3 is 2.71 bits per heavy atom. The van der Waals surface area contributed by atoms with Gasteiger partial charge in [0.2, 0.25) is 0 Å². The van der Waals surface area contributed by atoms with Crippen molar-refractivity contribution in [2.24, 2.45) is 4.99 Å². The third kappa shape index (κ3) is 4.03. The first-order chi connectivity index (χ1) is 10.3. The molecule has 2 aromatic rings. The minimum absolute atomic E-state index is 0.607. The molecule has 0 bridgehead atoms. The number of nitrogens with zero attached hydrogens (tertiary/aromatic N) is 2. The molecule has 1 aromatic heterocycles. The average molecular weight is 412 g/mol. The van der Waals surface area contributed by atoms with Gasteiger partial charge in [-0.05, 0) is 17.7 Å². The number of amidine groups is 1. The lowest BCUT2D eigenvalue weighted by molar-refractivity contribution is 0.361. The number of hydrogen-bond donors (Lipinski definition) is 0. The van der Waals surface area contributed by atoms with E-state index in [0.717, 1.165) is 35.0 Å². The van der Waals surface area contributed by atoms with Crippen LogP contribution < -0.4 is 0 Å². The molecule has 1 aliphatic heterocycles. The van der Waals surface area contributed by atoms with Crippen LogP contribution in [0, 0.1) is 0 Å². The summed E-state index contributed by atoms with van der Waals surface area (Å²) < 4.78 is 6.64. The van der Waals surface area contributed by atoms with Crippen molar-refractivity contribution in [1.29, 1.82) is 0 Å². The second-order valence-corrected chi connectivity index (χ2v) is 7.09. The fraction of sp³-hybridized carbons (Fsp3) is 0.312. The standard InChI is InChI=1S/C16H17IN2OS/c17-9-15-10-18-16(21-15)19(12-14-7-4-8-20-14)11-13-5-2-1-3-6-13/h1-8,15H,9-12H2/t15-/m1/s1. The van der Waals surface area contributed by atoms with Gasteiger partial charge >= 0.3 is 0 Å². The van der Waals surface area contributed by atoms with E-state index in [-0.39, 0.29) is 0 Å². The molecule has 21 heavy (non-hydrogen) atoms. The Hall–Kier alpha value is -0.950. The predicted molar refractivity (Wildman–Crippen MR) is 97.0 cm³/mol. The van der Waals surface area contributed by atoms with Crippen molar-refractivity contribution in [2.75, 3.05) is 11.0 Å². The van der Waals surface area contributed by atoms with Gasteiger partial charge in [-0.1, -0.05) is 64.7 Å². The molecule has 0 unspecified atom stereocenters. The molecule has 110 valence electrons. The third-order valence-electron chi connectivity index (χ3n) is 3.29. The van der Waals surface area contributed by atoms with Gasteiger partial charge in [-0.3, -0.25) is 4.99 Å². The summed E-state index contributed by atoms with van der Waals surface area (Å²) in [5, 5.41) is 1.74. The fourth-order valence-corrected chi connectivity index (χ4v) is 4.00. The molecule has 0 N–H and O–H groups in total. The largest absolute Gasteiger partial charge is 0.467 e. The van der Waals surface area contributed by atoms with Crippen LogP contribution in [0.25, 0.3) is 0 Å². The second kappa shape index (κ2) is 7.35. The smallest absolute Gasteiger partial charge is 0.160 e. The molecular formula is C16H17IN2OS. The van der Waals surface area contributed by atoms with Crippen LogP contribution in [0.3, 0.4) is 0 Å². The Labute approximate surface area is 143 Å². The molecule has 5 heteroatoms. The maximum atomic E-state index is 5.51. The molecule has 1 aromatic carbocycles. The van der Waals surface area contributed by atoms with Crippen molar-refractivity contribution in [3.8, 4) is 0 Å². The first-order valence-electron chi connectivity index (χ1n) is 6.93. The number of hydrogen-bond acceptors (Lipinski definition) is 4. The summed E-state index contributed by atoms with van der Waals surface area (Å²) in [6.45, 7) is 2.55. The Bertz CT molecular complexity index is 586. The van der Waals surface area contributed by atoms with E-state index in [4.69, 9.17) is 9.41 Å². The highest BCUT2D eigenvalue weighted by Gasteiger charge is 2.24. The van der Waals surface area contributed by atoms with Crippen LogP contribution in [-0.4, -0.2) is 26.3 Å². The van der Waals surface area contributed by atoms with Crippen LogP contribution in [-0.2, 0) is 13.1 Å². The van der Waals surface area contributed by atoms with Gasteiger partial charge < -0.3 is 9.32 Å². The topological polar surface area (TPSA) is 28.7 Å². The van der Waals surface area contributed by atoms with Crippen LogP contribution in [0.4, 0.5) is 0 Å². The summed E-state index contributed by atoms with van der Waals surface area (Å²) >= 11 is 4.32. The summed E-state index contributed by atoms with van der Waals surface area (Å²) in [7, 11) is 0. The van der Waals surface area contributed by atoms with E-state index in [0.29, 0.717) is 5.25 Å². The molecule has 0 saturated carbocycles. The Morgan fingerprint density at radius 2 is 2.05 bits per heavy atom. The first kappa shape index (κ1) is 15.0. The molecule has 1 atom stereocenters. The number of aliphatic imine (C=N–C) groups is 1. The monoisotopic (exact) mass is 412 g/mol. The zero-order valence-corrected chi connectivity index (χ0v) is 14.6. The van der Waals surface area contributed by atoms with Gasteiger partial charge in [-0.15, -0.1) is 0 Å². The van der Waals surface area contributed by atoms with E-state index in [2.05, 4.69) is 51.8 Å². The van der Waals surface area contributed by atoms with E-state index in [9.17, 15) is 0 Å². The summed E-state index contributed by atoms with van der Waals surface area (Å²) in [5.41, 5.74) is 1.30. The minimum Gasteiger partial charge on any atom is -0.467 e. The van der Waals surface area contributed by atoms with Gasteiger partial charge in [-0.2, -0.15) is 0 Å². The van der Waals surface area contributed by atoms with Crippen LogP contribution >= 0.6 is 34.4 Å². The van der Waals surface area contributed by atoms with Crippen molar-refractivity contribution >= 4 is 39.5 Å². The zero-order valence-electron chi connectivity index (χ0n) is 11.6. The van der Waals surface area contributed by atoms with Crippen LogP contribution in [0.1, 0.15) is 11.3 Å². The molecule has 0 radical (unpaired) electrons. The molecule has 3 rings (SSSR count). The maximum Gasteiger partial charge on any atom is 0.160 e. The van der Waals surface area contributed by atoms with Gasteiger partial charge in [-0.25, -0.2) is 0 Å². The van der Waals surface area contributed by atoms with Crippen molar-refractivity contribution in [1.82, 2.24) is 4.90 Å². The number of alkyl halides is 1. The first-order valence-corrected chi connectivity index (χ1v) is 9.34. The molecule has 0 amide bonds. The molecule has 0 aliphatic carbocycles. The normalized spacial score (nSPS) is 17.8. The van der Waals surface area contributed by atoms with Gasteiger partial charge in [0.25, 0.3) is 0 Å². The molecule has 1 aliphatic rings. The lowest BCUT2D eigenvalue weighted by atomic mass is 10.2. The number of furan rings is 1. The van der Waals surface area contributed by atoms with Crippen molar-refractivity contribution in [2.45, 2.75) is 18.3 Å². The highest BCUT2D eigenvalue weighted by molar-refractivity contribution is 14.1. The van der Waals surface area contributed by atoms with Crippen LogP contribution in [0.5, 0.6) is 0 Å². The zero-order chi connectivity index (χ0) is 14.5. The van der Waals surface area contributed by atoms with Crippen molar-refractivity contribution < 1.29 is 4.42 Å². The quantitative estimate of drug-likeness (QED) is 0.545. The van der Waals surface area contributed by atoms with E-state index in [1.165, 1.54) is 5.56 Å². The highest BCUT2D eigenvalue weighted by atomic mass is 127. The molecule has 0 spiro atoms. The van der Waals surface area contributed by atoms with Crippen molar-refractivity contribution in [3.63, 3.8) is 0 Å². The number of halogens is 1.